The maximum atomic E-state index is 13.3. The summed E-state index contributed by atoms with van der Waals surface area (Å²) >= 11 is 2.84. The molecule has 3 aromatic rings. The number of non-ortho nitro benzene ring substituents is 1. The molecule has 1 aliphatic carbocycles. The highest BCUT2D eigenvalue weighted by atomic mass is 32.2. The van der Waals surface area contributed by atoms with Crippen molar-refractivity contribution < 1.29 is 9.72 Å². The maximum absolute atomic E-state index is 13.3. The number of anilines is 1. The third kappa shape index (κ3) is 4.22. The summed E-state index contributed by atoms with van der Waals surface area (Å²) in [6, 6.07) is 5.69. The number of nitrogens with zero attached hydrogens (tertiary/aromatic N) is 3. The number of nitrogens with one attached hydrogen (secondary N) is 1. The molecule has 0 radical (unpaired) electrons. The fraction of sp³-hybridized carbons (Fsp3) is 0.381. The number of amides is 1. The lowest BCUT2D eigenvalue weighted by atomic mass is 10.2. The van der Waals surface area contributed by atoms with Crippen molar-refractivity contribution in [3.05, 3.63) is 55.2 Å². The van der Waals surface area contributed by atoms with E-state index in [4.69, 9.17) is 4.98 Å². The minimum absolute atomic E-state index is 0.0169. The first kappa shape index (κ1) is 21.5. The molecule has 1 atom stereocenters. The molecule has 0 saturated heterocycles. The van der Waals surface area contributed by atoms with Crippen LogP contribution in [-0.4, -0.2) is 25.6 Å². The Hall–Kier alpha value is -2.72. The Balaban J connectivity index is 1.58. The van der Waals surface area contributed by atoms with Crippen molar-refractivity contribution in [2.45, 2.75) is 56.5 Å². The summed E-state index contributed by atoms with van der Waals surface area (Å²) in [5.74, 6) is -0.259. The molecule has 0 fully saturated rings. The van der Waals surface area contributed by atoms with Gasteiger partial charge >= 0.3 is 0 Å². The summed E-state index contributed by atoms with van der Waals surface area (Å²) in [7, 11) is 0. The van der Waals surface area contributed by atoms with Crippen molar-refractivity contribution in [3.63, 3.8) is 0 Å². The van der Waals surface area contributed by atoms with Gasteiger partial charge in [0.15, 0.2) is 5.16 Å². The second-order valence-electron chi connectivity index (χ2n) is 7.44. The molecule has 0 aliphatic heterocycles. The topological polar surface area (TPSA) is 107 Å². The number of carbonyl (C=O) groups is 1. The average molecular weight is 459 g/mol. The smallest absolute Gasteiger partial charge is 0.269 e. The number of nitro benzene ring substituents is 1. The van der Waals surface area contributed by atoms with E-state index in [1.807, 2.05) is 6.92 Å². The summed E-state index contributed by atoms with van der Waals surface area (Å²) in [6.07, 6.45) is 3.80. The van der Waals surface area contributed by atoms with Crippen LogP contribution < -0.4 is 10.9 Å². The summed E-state index contributed by atoms with van der Waals surface area (Å²) < 4.78 is 1.69. The number of thiophene rings is 1. The molecule has 1 aliphatic rings. The van der Waals surface area contributed by atoms with E-state index in [2.05, 4.69) is 5.32 Å². The Bertz CT molecular complexity index is 1220. The number of aromatic nitrogens is 2. The predicted octanol–water partition coefficient (Wildman–Crippen LogP) is 4.38. The third-order valence-electron chi connectivity index (χ3n) is 5.23. The van der Waals surface area contributed by atoms with E-state index >= 15 is 0 Å². The van der Waals surface area contributed by atoms with Crippen LogP contribution in [0, 0.1) is 10.1 Å². The molecule has 2 heterocycles. The van der Waals surface area contributed by atoms with Crippen molar-refractivity contribution in [2.24, 2.45) is 0 Å². The maximum Gasteiger partial charge on any atom is 0.269 e. The molecule has 1 unspecified atom stereocenters. The predicted molar refractivity (Wildman–Crippen MR) is 123 cm³/mol. The first-order valence-electron chi connectivity index (χ1n) is 10.2. The molecule has 8 nitrogen and oxygen atoms in total. The summed E-state index contributed by atoms with van der Waals surface area (Å²) in [4.78, 5) is 43.0. The molecule has 0 bridgehead atoms. The van der Waals surface area contributed by atoms with Crippen LogP contribution in [-0.2, 0) is 24.2 Å². The molecule has 10 heteroatoms. The van der Waals surface area contributed by atoms with Gasteiger partial charge in [-0.05, 0) is 50.3 Å². The second kappa shape index (κ2) is 8.80. The van der Waals surface area contributed by atoms with Gasteiger partial charge in [-0.25, -0.2) is 4.98 Å². The van der Waals surface area contributed by atoms with E-state index in [9.17, 15) is 19.7 Å². The van der Waals surface area contributed by atoms with Gasteiger partial charge in [0.1, 0.15) is 4.83 Å². The van der Waals surface area contributed by atoms with E-state index in [1.165, 1.54) is 40.9 Å². The zero-order valence-electron chi connectivity index (χ0n) is 17.2. The molecule has 31 heavy (non-hydrogen) atoms. The summed E-state index contributed by atoms with van der Waals surface area (Å²) in [5.41, 5.74) is 1.58. The van der Waals surface area contributed by atoms with Crippen LogP contribution in [0.2, 0.25) is 0 Å². The minimum Gasteiger partial charge on any atom is -0.325 e. The highest BCUT2D eigenvalue weighted by molar-refractivity contribution is 8.00. The number of carbonyl (C=O) groups excluding carboxylic acids is 1. The lowest BCUT2D eigenvalue weighted by molar-refractivity contribution is -0.384. The van der Waals surface area contributed by atoms with Crippen LogP contribution in [0.3, 0.4) is 0 Å². The van der Waals surface area contributed by atoms with Crippen LogP contribution >= 0.6 is 23.1 Å². The van der Waals surface area contributed by atoms with Gasteiger partial charge in [-0.2, -0.15) is 0 Å². The molecule has 4 rings (SSSR count). The average Bonchev–Trinajstić information content (AvgIpc) is 3.32. The SMILES string of the molecule is CCCn1c(SC(C)C(=O)Nc2ccc([N+](=O)[O-])cc2)nc2sc3c(c2c1=O)CCC3. The summed E-state index contributed by atoms with van der Waals surface area (Å²) in [5, 5.41) is 14.3. The highest BCUT2D eigenvalue weighted by Crippen LogP contribution is 2.36. The molecule has 0 saturated carbocycles. The Morgan fingerprint density at radius 2 is 2.10 bits per heavy atom. The van der Waals surface area contributed by atoms with Gasteiger partial charge in [0.25, 0.3) is 11.2 Å². The monoisotopic (exact) mass is 458 g/mol. The Morgan fingerprint density at radius 1 is 1.35 bits per heavy atom. The molecule has 162 valence electrons. The molecule has 0 spiro atoms. The number of thioether (sulfide) groups is 1. The zero-order chi connectivity index (χ0) is 22.1. The molecule has 1 aromatic carbocycles. The van der Waals surface area contributed by atoms with E-state index in [0.29, 0.717) is 17.4 Å². The van der Waals surface area contributed by atoms with E-state index in [-0.39, 0.29) is 17.2 Å². The van der Waals surface area contributed by atoms with Crippen molar-refractivity contribution in [1.82, 2.24) is 9.55 Å². The van der Waals surface area contributed by atoms with Gasteiger partial charge in [-0.3, -0.25) is 24.3 Å². The van der Waals surface area contributed by atoms with Gasteiger partial charge in [0, 0.05) is 29.2 Å². The molecular formula is C21H22N4O4S2. The first-order valence-corrected chi connectivity index (χ1v) is 11.9. The van der Waals surface area contributed by atoms with Crippen molar-refractivity contribution in [2.75, 3.05) is 5.32 Å². The minimum atomic E-state index is -0.505. The van der Waals surface area contributed by atoms with Crippen LogP contribution in [0.25, 0.3) is 10.2 Å². The van der Waals surface area contributed by atoms with Gasteiger partial charge in [-0.1, -0.05) is 18.7 Å². The second-order valence-corrected chi connectivity index (χ2v) is 9.83. The fourth-order valence-corrected chi connectivity index (χ4v) is 5.93. The van der Waals surface area contributed by atoms with Crippen molar-refractivity contribution >= 4 is 50.6 Å². The van der Waals surface area contributed by atoms with Crippen LogP contribution in [0.5, 0.6) is 0 Å². The zero-order valence-corrected chi connectivity index (χ0v) is 18.8. The number of aryl methyl sites for hydroxylation is 2. The van der Waals surface area contributed by atoms with Crippen LogP contribution in [0.4, 0.5) is 11.4 Å². The Kier molecular flexibility index (Phi) is 6.10. The quantitative estimate of drug-likeness (QED) is 0.244. The lowest BCUT2D eigenvalue weighted by Gasteiger charge is -2.15. The van der Waals surface area contributed by atoms with E-state index in [1.54, 1.807) is 22.8 Å². The molecule has 1 amide bonds. The number of hydrogen-bond acceptors (Lipinski definition) is 7. The highest BCUT2D eigenvalue weighted by Gasteiger charge is 2.25. The van der Waals surface area contributed by atoms with Crippen LogP contribution in [0.1, 0.15) is 37.1 Å². The number of nitro groups is 1. The number of fused-ring (bicyclic) bond motifs is 3. The summed E-state index contributed by atoms with van der Waals surface area (Å²) in [6.45, 7) is 4.31. The standard InChI is InChI=1S/C21H22N4O4S2/c1-3-11-24-20(27)17-15-5-4-6-16(15)31-19(17)23-21(24)30-12(2)18(26)22-13-7-9-14(10-8-13)25(28)29/h7-10,12H,3-6,11H2,1-2H3,(H,22,26). The number of benzene rings is 1. The lowest BCUT2D eigenvalue weighted by Crippen LogP contribution is -2.27. The largest absolute Gasteiger partial charge is 0.325 e. The number of rotatable bonds is 7. The normalized spacial score (nSPS) is 13.9. The van der Waals surface area contributed by atoms with Crippen LogP contribution in [0.15, 0.2) is 34.2 Å². The van der Waals surface area contributed by atoms with Gasteiger partial charge < -0.3 is 5.32 Å². The number of hydrogen-bond donors (Lipinski definition) is 1. The molecule has 1 N–H and O–H groups in total. The fourth-order valence-electron chi connectivity index (χ4n) is 3.69. The molecule has 2 aromatic heterocycles. The van der Waals surface area contributed by atoms with Gasteiger partial charge in [0.2, 0.25) is 5.91 Å². The molecular weight excluding hydrogens is 436 g/mol. The van der Waals surface area contributed by atoms with E-state index in [0.717, 1.165) is 41.5 Å². The van der Waals surface area contributed by atoms with E-state index < -0.39 is 10.2 Å². The third-order valence-corrected chi connectivity index (χ3v) is 7.51. The van der Waals surface area contributed by atoms with Crippen molar-refractivity contribution in [1.29, 1.82) is 0 Å². The van der Waals surface area contributed by atoms with Crippen molar-refractivity contribution in [3.8, 4) is 0 Å². The van der Waals surface area contributed by atoms with Gasteiger partial charge in [-0.15, -0.1) is 11.3 Å². The Morgan fingerprint density at radius 3 is 2.77 bits per heavy atom. The van der Waals surface area contributed by atoms with Gasteiger partial charge in [0.05, 0.1) is 15.6 Å². The Labute approximate surface area is 186 Å². The first-order chi connectivity index (χ1) is 14.9.